The monoisotopic (exact) mass is 1880 g/mol. The molecule has 30 aromatic rings. The van der Waals surface area contributed by atoms with Crippen LogP contribution in [0.5, 0.6) is 0 Å². The summed E-state index contributed by atoms with van der Waals surface area (Å²) in [6, 6.07) is 159. The maximum absolute atomic E-state index is 6.79. The number of benzene rings is 21. The van der Waals surface area contributed by atoms with Crippen molar-refractivity contribution in [3.8, 4) is 136 Å². The lowest BCUT2D eigenvalue weighted by atomic mass is 9.96. The summed E-state index contributed by atoms with van der Waals surface area (Å²) in [5, 5.41) is 25.0. The minimum Gasteiger partial charge on any atom is -0.455 e. The third kappa shape index (κ3) is 15.6. The maximum Gasteiger partial charge on any atom is 0.227 e. The summed E-state index contributed by atoms with van der Waals surface area (Å²) in [5.74, 6) is 5.18. The molecule has 0 saturated carbocycles. The van der Waals surface area contributed by atoms with Crippen LogP contribution in [-0.4, -0.2) is 59.8 Å². The van der Waals surface area contributed by atoms with Gasteiger partial charge in [-0.25, -0.2) is 49.8 Å². The van der Waals surface area contributed by atoms with Crippen molar-refractivity contribution >= 4 is 163 Å². The van der Waals surface area contributed by atoms with Crippen molar-refractivity contribution in [2.24, 2.45) is 0 Å². The Bertz CT molecular complexity index is 9630. The quantitative estimate of drug-likeness (QED) is 0.112. The number of pyridine rings is 3. The Morgan fingerprint density at radius 2 is 0.435 bits per heavy atom. The SMILES string of the molecule is c1ccc(-c2nc(-c3ccc4ccccc4c3)nc(-c3ccc(-c4ccc5ccccc5c4)c4oc5nc6ccccc6cc5c34)n2)cc1.c1ccc(-c2nc(-c3ccc4ccccc4c3)nc(-c3cnc(-c4ccc5ccccc5c4)c4oc5cc6ccccc6cc5c34)n2)cc1.c1ccc(-c2nc(-c3ccc4ccccc4c3)nc(-c3ncc(-c4ccc5ccccc5c4)c4oc5cc6ccccc6cc5c34)n2)cc1. The molecule has 15 heteroatoms. The van der Waals surface area contributed by atoms with E-state index in [1.807, 2.05) is 140 Å². The van der Waals surface area contributed by atoms with E-state index in [-0.39, 0.29) is 0 Å². The molecule has 147 heavy (non-hydrogen) atoms. The van der Waals surface area contributed by atoms with Crippen LogP contribution in [0.25, 0.3) is 299 Å². The zero-order valence-corrected chi connectivity index (χ0v) is 78.6. The standard InChI is InChI=1S/3C44H26N4O/c1-2-12-29(13-3-1)42-46-43(35-21-19-28-11-5-7-15-31(28)23-35)48-44(47-42)37-26-45-40(34-20-18-27-10-4-6-14-30(27)22-34)41-39(37)36-24-32-16-8-9-17-33(32)25-38(36)49-41;1-2-12-29(13-3-1)42-46-43(35-21-19-28-11-5-7-15-31(28)23-35)48-44(47-42)40-39-36-24-32-16-8-9-17-33(32)25-38(36)49-41(39)37(26-45-40)34-20-18-27-10-4-6-14-30(27)22-34;1-2-12-29(13-3-1)41-46-42(34-21-19-28-11-5-7-15-31(28)25-34)48-43(47-41)36-23-22-35(32-20-18-27-10-4-6-14-30(27)24-32)40-39(36)37-26-33-16-8-9-17-38(33)45-44(37)49-40/h3*1-26H. The fraction of sp³-hybridized carbons (Fsp3) is 0. The van der Waals surface area contributed by atoms with Crippen molar-refractivity contribution in [2.45, 2.75) is 0 Å². The molecule has 30 rings (SSSR count). The molecular weight excluding hydrogens is 1800 g/mol. The third-order valence-electron chi connectivity index (χ3n) is 27.9. The molecule has 0 atom stereocenters. The second kappa shape index (κ2) is 35.6. The lowest BCUT2D eigenvalue weighted by Crippen LogP contribution is -2.02. The van der Waals surface area contributed by atoms with Gasteiger partial charge in [0.05, 0.1) is 10.9 Å². The summed E-state index contributed by atoms with van der Waals surface area (Å²) in [6.45, 7) is 0. The van der Waals surface area contributed by atoms with Gasteiger partial charge in [0.15, 0.2) is 58.0 Å². The highest BCUT2D eigenvalue weighted by Gasteiger charge is 2.29. The van der Waals surface area contributed by atoms with Crippen molar-refractivity contribution < 1.29 is 13.3 Å². The average Bonchev–Trinajstić information content (AvgIpc) is 1.71. The van der Waals surface area contributed by atoms with Crippen molar-refractivity contribution in [1.29, 1.82) is 0 Å². The predicted octanol–water partition coefficient (Wildman–Crippen LogP) is 33.9. The minimum absolute atomic E-state index is 0.489. The molecule has 0 N–H and O–H groups in total. The molecule has 0 aliphatic rings. The zero-order valence-electron chi connectivity index (χ0n) is 78.6. The Labute approximate surface area is 839 Å². The van der Waals surface area contributed by atoms with Gasteiger partial charge in [-0.05, 0) is 182 Å². The maximum atomic E-state index is 6.79. The Morgan fingerprint density at radius 3 is 0.878 bits per heavy atom. The van der Waals surface area contributed by atoms with E-state index in [2.05, 4.69) is 334 Å². The van der Waals surface area contributed by atoms with E-state index in [4.69, 9.17) is 73.1 Å². The number of nitrogens with zero attached hydrogens (tertiary/aromatic N) is 12. The molecule has 0 spiro atoms. The molecule has 15 nitrogen and oxygen atoms in total. The molecular formula is C132H78N12O3. The van der Waals surface area contributed by atoms with Gasteiger partial charge in [0, 0.05) is 106 Å². The number of hydrogen-bond acceptors (Lipinski definition) is 15. The largest absolute Gasteiger partial charge is 0.455 e. The van der Waals surface area contributed by atoms with Crippen molar-refractivity contribution in [2.75, 3.05) is 0 Å². The van der Waals surface area contributed by atoms with E-state index >= 15 is 0 Å². The predicted molar refractivity (Wildman–Crippen MR) is 597 cm³/mol. The summed E-state index contributed by atoms with van der Waals surface area (Å²) in [6.07, 6.45) is 3.79. The van der Waals surface area contributed by atoms with Crippen LogP contribution in [0.1, 0.15) is 0 Å². The van der Waals surface area contributed by atoms with Gasteiger partial charge in [-0.3, -0.25) is 9.97 Å². The number of rotatable bonds is 12. The topological polar surface area (TPSA) is 194 Å². The fourth-order valence-electron chi connectivity index (χ4n) is 20.5. The van der Waals surface area contributed by atoms with E-state index in [1.165, 1.54) is 26.9 Å². The Balaban J connectivity index is 0.000000107. The summed E-state index contributed by atoms with van der Waals surface area (Å²) in [4.78, 5) is 60.9. The van der Waals surface area contributed by atoms with Crippen LogP contribution in [0, 0.1) is 0 Å². The lowest BCUT2D eigenvalue weighted by Gasteiger charge is -2.11. The average molecular weight is 1880 g/mol. The van der Waals surface area contributed by atoms with E-state index in [0.29, 0.717) is 69.4 Å². The van der Waals surface area contributed by atoms with Crippen LogP contribution >= 0.6 is 0 Å². The zero-order chi connectivity index (χ0) is 96.9. The van der Waals surface area contributed by atoms with Crippen LogP contribution in [0.4, 0.5) is 0 Å². The van der Waals surface area contributed by atoms with Crippen LogP contribution in [-0.2, 0) is 0 Å². The van der Waals surface area contributed by atoms with Gasteiger partial charge in [0.1, 0.15) is 33.7 Å². The lowest BCUT2D eigenvalue weighted by molar-refractivity contribution is 0.657. The highest BCUT2D eigenvalue weighted by Crippen LogP contribution is 2.48. The van der Waals surface area contributed by atoms with Crippen LogP contribution < -0.4 is 0 Å². The van der Waals surface area contributed by atoms with E-state index < -0.39 is 0 Å². The first-order valence-electron chi connectivity index (χ1n) is 48.9. The molecule has 684 valence electrons. The molecule has 0 radical (unpaired) electrons. The Hall–Kier alpha value is -20.2. The molecule has 0 aliphatic carbocycles. The number of furan rings is 3. The van der Waals surface area contributed by atoms with Gasteiger partial charge >= 0.3 is 0 Å². The minimum atomic E-state index is 0.489. The fourth-order valence-corrected chi connectivity index (χ4v) is 20.5. The van der Waals surface area contributed by atoms with Gasteiger partial charge in [0.2, 0.25) is 5.71 Å². The summed E-state index contributed by atoms with van der Waals surface area (Å²) in [5.41, 5.74) is 18.8. The highest BCUT2D eigenvalue weighted by atomic mass is 16.3. The first-order chi connectivity index (χ1) is 72.7. The van der Waals surface area contributed by atoms with Crippen molar-refractivity contribution in [1.82, 2.24) is 59.8 Å². The smallest absolute Gasteiger partial charge is 0.227 e. The molecule has 0 saturated heterocycles. The van der Waals surface area contributed by atoms with Gasteiger partial charge in [-0.15, -0.1) is 0 Å². The summed E-state index contributed by atoms with van der Waals surface area (Å²) >= 11 is 0. The van der Waals surface area contributed by atoms with Gasteiger partial charge < -0.3 is 13.3 Å². The molecule has 0 fully saturated rings. The van der Waals surface area contributed by atoms with Crippen LogP contribution in [0.2, 0.25) is 0 Å². The van der Waals surface area contributed by atoms with Gasteiger partial charge in [0.25, 0.3) is 0 Å². The molecule has 0 aliphatic heterocycles. The van der Waals surface area contributed by atoms with Gasteiger partial charge in [-0.1, -0.05) is 376 Å². The van der Waals surface area contributed by atoms with Crippen molar-refractivity contribution in [3.63, 3.8) is 0 Å². The second-order valence-corrected chi connectivity index (χ2v) is 36.9. The molecule has 0 bridgehead atoms. The normalized spacial score (nSPS) is 11.7. The Morgan fingerprint density at radius 1 is 0.150 bits per heavy atom. The number of para-hydroxylation sites is 1. The van der Waals surface area contributed by atoms with Crippen LogP contribution in [0.3, 0.4) is 0 Å². The van der Waals surface area contributed by atoms with E-state index in [1.54, 1.807) is 0 Å². The summed E-state index contributed by atoms with van der Waals surface area (Å²) in [7, 11) is 0. The molecule has 0 amide bonds. The van der Waals surface area contributed by atoms with Gasteiger partial charge in [-0.2, -0.15) is 0 Å². The second-order valence-electron chi connectivity index (χ2n) is 36.9. The number of hydrogen-bond donors (Lipinski definition) is 0. The first kappa shape index (κ1) is 84.9. The first-order valence-corrected chi connectivity index (χ1v) is 48.9. The summed E-state index contributed by atoms with van der Waals surface area (Å²) < 4.78 is 20.3. The molecule has 9 aromatic heterocycles. The Kier molecular flexibility index (Phi) is 20.5. The number of aromatic nitrogens is 12. The van der Waals surface area contributed by atoms with E-state index in [0.717, 1.165) is 203 Å². The highest BCUT2D eigenvalue weighted by molar-refractivity contribution is 6.21. The van der Waals surface area contributed by atoms with E-state index in [9.17, 15) is 0 Å². The molecule has 0 unspecified atom stereocenters. The molecule has 21 aromatic carbocycles. The van der Waals surface area contributed by atoms with Crippen LogP contribution in [0.15, 0.2) is 487 Å². The third-order valence-corrected chi connectivity index (χ3v) is 27.9. The van der Waals surface area contributed by atoms with Crippen molar-refractivity contribution in [3.05, 3.63) is 473 Å². The number of fused-ring (bicyclic) bond motifs is 18. The molecule has 9 heterocycles.